The van der Waals surface area contributed by atoms with E-state index in [9.17, 15) is 9.90 Å². The van der Waals surface area contributed by atoms with Gasteiger partial charge in [0.05, 0.1) is 18.7 Å². The lowest BCUT2D eigenvalue weighted by Gasteiger charge is -2.44. The van der Waals surface area contributed by atoms with Crippen LogP contribution < -0.4 is 4.74 Å². The highest BCUT2D eigenvalue weighted by atomic mass is 16.6. The molecule has 0 fully saturated rings. The van der Waals surface area contributed by atoms with Crippen molar-refractivity contribution in [2.24, 2.45) is 5.16 Å². The molecule has 1 amide bonds. The summed E-state index contributed by atoms with van der Waals surface area (Å²) in [6, 6.07) is 26.7. The second kappa shape index (κ2) is 11.6. The van der Waals surface area contributed by atoms with Crippen LogP contribution >= 0.6 is 0 Å². The Hall–Kier alpha value is -4.36. The van der Waals surface area contributed by atoms with E-state index < -0.39 is 11.8 Å². The van der Waals surface area contributed by atoms with E-state index in [1.54, 1.807) is 44.5 Å². The van der Waals surface area contributed by atoms with E-state index in [1.807, 2.05) is 84.9 Å². The number of carbonyl (C=O) groups is 1. The van der Waals surface area contributed by atoms with Gasteiger partial charge in [-0.2, -0.15) is 0 Å². The first-order valence-electron chi connectivity index (χ1n) is 11.9. The summed E-state index contributed by atoms with van der Waals surface area (Å²) in [6.45, 7) is 0.188. The zero-order valence-corrected chi connectivity index (χ0v) is 21.2. The fourth-order valence-electron chi connectivity index (χ4n) is 4.22. The van der Waals surface area contributed by atoms with E-state index in [4.69, 9.17) is 9.57 Å². The predicted octanol–water partition coefficient (Wildman–Crippen LogP) is 4.52. The van der Waals surface area contributed by atoms with Crippen molar-refractivity contribution in [3.8, 4) is 5.75 Å². The van der Waals surface area contributed by atoms with Crippen LogP contribution in [0.1, 0.15) is 22.7 Å². The predicted molar refractivity (Wildman–Crippen MR) is 144 cm³/mol. The number of amides is 1. The number of nitrogens with zero attached hydrogens (tertiary/aromatic N) is 3. The SMILES string of the molecule is COc1ccc(CON=CC2(O)C(C(=O)N(C)C)=CC=CN2C(c2ccccc2)c2ccccc2)cc1. The molecule has 0 aromatic heterocycles. The van der Waals surface area contributed by atoms with Gasteiger partial charge in [0.2, 0.25) is 5.72 Å². The number of aliphatic hydroxyl groups is 1. The topological polar surface area (TPSA) is 74.6 Å². The third kappa shape index (κ3) is 5.73. The quantitative estimate of drug-likeness (QED) is 0.348. The summed E-state index contributed by atoms with van der Waals surface area (Å²) in [5.74, 6) is 0.411. The van der Waals surface area contributed by atoms with Gasteiger partial charge in [-0.15, -0.1) is 0 Å². The van der Waals surface area contributed by atoms with Crippen LogP contribution in [0.2, 0.25) is 0 Å². The first kappa shape index (κ1) is 25.7. The molecule has 1 heterocycles. The number of ether oxygens (including phenoxy) is 1. The van der Waals surface area contributed by atoms with Gasteiger partial charge in [-0.3, -0.25) is 4.79 Å². The van der Waals surface area contributed by atoms with E-state index in [-0.39, 0.29) is 18.1 Å². The molecule has 0 saturated carbocycles. The molecule has 37 heavy (non-hydrogen) atoms. The average Bonchev–Trinajstić information content (AvgIpc) is 2.93. The molecule has 7 heteroatoms. The Morgan fingerprint density at radius 3 is 2.14 bits per heavy atom. The normalized spacial score (nSPS) is 17.1. The molecule has 0 aliphatic carbocycles. The van der Waals surface area contributed by atoms with E-state index in [0.29, 0.717) is 0 Å². The Labute approximate surface area is 217 Å². The van der Waals surface area contributed by atoms with Crippen LogP contribution in [0.25, 0.3) is 0 Å². The van der Waals surface area contributed by atoms with Crippen LogP contribution in [-0.4, -0.2) is 54.0 Å². The summed E-state index contributed by atoms with van der Waals surface area (Å²) in [6.07, 6.45) is 6.43. The van der Waals surface area contributed by atoms with Crippen LogP contribution in [0.3, 0.4) is 0 Å². The largest absolute Gasteiger partial charge is 0.497 e. The molecule has 3 aromatic rings. The lowest BCUT2D eigenvalue weighted by atomic mass is 9.90. The van der Waals surface area contributed by atoms with Crippen LogP contribution in [0, 0.1) is 0 Å². The maximum atomic E-state index is 13.2. The Balaban J connectivity index is 1.71. The minimum Gasteiger partial charge on any atom is -0.497 e. The molecule has 0 spiro atoms. The second-order valence-corrected chi connectivity index (χ2v) is 8.83. The van der Waals surface area contributed by atoms with Crippen LogP contribution in [0.5, 0.6) is 5.75 Å². The third-order valence-electron chi connectivity index (χ3n) is 6.14. The van der Waals surface area contributed by atoms with Crippen molar-refractivity contribution in [2.45, 2.75) is 18.4 Å². The molecule has 3 aromatic carbocycles. The number of rotatable bonds is 9. The van der Waals surface area contributed by atoms with Gasteiger partial charge in [0.1, 0.15) is 18.6 Å². The van der Waals surface area contributed by atoms with Crippen LogP contribution in [0.4, 0.5) is 0 Å². The van der Waals surface area contributed by atoms with Gasteiger partial charge in [-0.25, -0.2) is 0 Å². The highest BCUT2D eigenvalue weighted by molar-refractivity contribution is 6.00. The highest BCUT2D eigenvalue weighted by Crippen LogP contribution is 2.38. The molecule has 0 saturated heterocycles. The molecule has 4 rings (SSSR count). The molecule has 190 valence electrons. The lowest BCUT2D eigenvalue weighted by Crippen LogP contribution is -2.55. The summed E-state index contributed by atoms with van der Waals surface area (Å²) < 4.78 is 5.19. The van der Waals surface area contributed by atoms with Crippen molar-refractivity contribution in [3.63, 3.8) is 0 Å². The van der Waals surface area contributed by atoms with Crippen molar-refractivity contribution in [1.82, 2.24) is 9.80 Å². The molecule has 1 aliphatic heterocycles. The smallest absolute Gasteiger partial charge is 0.254 e. The van der Waals surface area contributed by atoms with Crippen molar-refractivity contribution in [1.29, 1.82) is 0 Å². The molecular weight excluding hydrogens is 466 g/mol. The molecule has 0 radical (unpaired) electrons. The summed E-state index contributed by atoms with van der Waals surface area (Å²) in [5.41, 5.74) is 1.06. The Kier molecular flexibility index (Phi) is 8.05. The fraction of sp³-hybridized carbons (Fsp3) is 0.200. The van der Waals surface area contributed by atoms with Gasteiger partial charge in [0, 0.05) is 20.3 Å². The number of likely N-dealkylation sites (N-methyl/N-ethyl adjacent to an activating group) is 1. The van der Waals surface area contributed by atoms with Gasteiger partial charge < -0.3 is 24.5 Å². The Morgan fingerprint density at radius 1 is 1.00 bits per heavy atom. The molecular formula is C30H31N3O4. The maximum Gasteiger partial charge on any atom is 0.254 e. The molecule has 1 atom stereocenters. The molecule has 7 nitrogen and oxygen atoms in total. The number of benzene rings is 3. The van der Waals surface area contributed by atoms with Crippen LogP contribution in [-0.2, 0) is 16.2 Å². The van der Waals surface area contributed by atoms with Gasteiger partial charge in [-0.1, -0.05) is 78.0 Å². The number of hydrogen-bond acceptors (Lipinski definition) is 6. The number of hydrogen-bond donors (Lipinski definition) is 1. The summed E-state index contributed by atoms with van der Waals surface area (Å²) in [7, 11) is 4.91. The number of methoxy groups -OCH3 is 1. The van der Waals surface area contributed by atoms with Crippen molar-refractivity contribution < 1.29 is 19.5 Å². The van der Waals surface area contributed by atoms with Gasteiger partial charge in [0.25, 0.3) is 5.91 Å². The molecule has 1 unspecified atom stereocenters. The highest BCUT2D eigenvalue weighted by Gasteiger charge is 2.45. The number of oxime groups is 1. The van der Waals surface area contributed by atoms with Gasteiger partial charge >= 0.3 is 0 Å². The minimum absolute atomic E-state index is 0.161. The average molecular weight is 498 g/mol. The standard InChI is InChI=1S/C30H31N3O4/c1-32(2)29(34)27-15-10-20-33(28(24-11-6-4-7-12-24)25-13-8-5-9-14-25)30(27,35)22-31-37-21-23-16-18-26(36-3)19-17-23/h4-20,22,28,35H,21H2,1-3H3. The zero-order valence-electron chi connectivity index (χ0n) is 21.2. The van der Waals surface area contributed by atoms with Crippen LogP contribution in [0.15, 0.2) is 114 Å². The molecule has 1 aliphatic rings. The summed E-state index contributed by atoms with van der Waals surface area (Å²) in [5, 5.41) is 16.3. The van der Waals surface area contributed by atoms with E-state index in [0.717, 1.165) is 22.4 Å². The molecule has 0 bridgehead atoms. The van der Waals surface area contributed by atoms with Gasteiger partial charge in [-0.05, 0) is 41.0 Å². The first-order valence-corrected chi connectivity index (χ1v) is 11.9. The van der Waals surface area contributed by atoms with E-state index >= 15 is 0 Å². The Morgan fingerprint density at radius 2 is 1.59 bits per heavy atom. The zero-order chi connectivity index (χ0) is 26.3. The van der Waals surface area contributed by atoms with Gasteiger partial charge in [0.15, 0.2) is 0 Å². The van der Waals surface area contributed by atoms with Crippen molar-refractivity contribution in [3.05, 3.63) is 126 Å². The number of carbonyl (C=O) groups excluding carboxylic acids is 1. The van der Waals surface area contributed by atoms with Crippen molar-refractivity contribution in [2.75, 3.05) is 21.2 Å². The van der Waals surface area contributed by atoms with E-state index in [1.165, 1.54) is 11.1 Å². The molecule has 1 N–H and O–H groups in total. The summed E-state index contributed by atoms with van der Waals surface area (Å²) >= 11 is 0. The second-order valence-electron chi connectivity index (χ2n) is 8.83. The Bertz CT molecular complexity index is 1230. The first-order chi connectivity index (χ1) is 17.9. The monoisotopic (exact) mass is 497 g/mol. The minimum atomic E-state index is -1.88. The number of allylic oxidation sites excluding steroid dienone is 2. The fourth-order valence-corrected chi connectivity index (χ4v) is 4.22. The third-order valence-corrected chi connectivity index (χ3v) is 6.14. The maximum absolute atomic E-state index is 13.2. The van der Waals surface area contributed by atoms with E-state index in [2.05, 4.69) is 5.16 Å². The lowest BCUT2D eigenvalue weighted by molar-refractivity contribution is -0.128. The van der Waals surface area contributed by atoms with Crippen molar-refractivity contribution >= 4 is 12.1 Å². The summed E-state index contributed by atoms with van der Waals surface area (Å²) in [4.78, 5) is 21.9.